The highest BCUT2D eigenvalue weighted by atomic mass is 19.1. The van der Waals surface area contributed by atoms with Crippen LogP contribution in [0.15, 0.2) is 0 Å². The lowest BCUT2D eigenvalue weighted by Gasteiger charge is -2.22. The molecule has 0 radical (unpaired) electrons. The summed E-state index contributed by atoms with van der Waals surface area (Å²) in [5.74, 6) is 0.502. The molecule has 2 heterocycles. The summed E-state index contributed by atoms with van der Waals surface area (Å²) in [5, 5.41) is 3.00. The van der Waals surface area contributed by atoms with Gasteiger partial charge in [-0.05, 0) is 33.1 Å². The summed E-state index contributed by atoms with van der Waals surface area (Å²) in [6.07, 6.45) is 2.80. The molecule has 1 aromatic rings. The van der Waals surface area contributed by atoms with E-state index in [-0.39, 0.29) is 11.6 Å². The molecule has 2 rings (SSSR count). The van der Waals surface area contributed by atoms with E-state index in [0.29, 0.717) is 24.7 Å². The van der Waals surface area contributed by atoms with Crippen molar-refractivity contribution in [3.8, 4) is 0 Å². The highest BCUT2D eigenvalue weighted by Crippen LogP contribution is 2.34. The average molecular weight is 253 g/mol. The van der Waals surface area contributed by atoms with Crippen LogP contribution in [-0.4, -0.2) is 23.1 Å². The molecule has 100 valence electrons. The summed E-state index contributed by atoms with van der Waals surface area (Å²) in [6, 6.07) is 0. The van der Waals surface area contributed by atoms with Crippen molar-refractivity contribution < 1.29 is 9.13 Å². The van der Waals surface area contributed by atoms with E-state index in [0.717, 1.165) is 19.3 Å². The maximum Gasteiger partial charge on any atom is 0.186 e. The van der Waals surface area contributed by atoms with E-state index >= 15 is 0 Å². The third kappa shape index (κ3) is 2.46. The van der Waals surface area contributed by atoms with Crippen molar-refractivity contribution >= 4 is 5.82 Å². The normalized spacial score (nSPS) is 23.3. The Labute approximate surface area is 107 Å². The molecule has 0 amide bonds. The van der Waals surface area contributed by atoms with E-state index in [1.54, 1.807) is 6.92 Å². The molecule has 5 heteroatoms. The van der Waals surface area contributed by atoms with E-state index < -0.39 is 5.60 Å². The Bertz CT molecular complexity index is 430. The smallest absolute Gasteiger partial charge is 0.186 e. The first-order valence-electron chi connectivity index (χ1n) is 6.49. The minimum atomic E-state index is -0.471. The van der Waals surface area contributed by atoms with Crippen LogP contribution in [0.4, 0.5) is 10.2 Å². The number of rotatable bonds is 4. The molecule has 0 saturated carbocycles. The molecule has 1 atom stereocenters. The lowest BCUT2D eigenvalue weighted by Crippen LogP contribution is -2.25. The zero-order valence-electron chi connectivity index (χ0n) is 11.2. The summed E-state index contributed by atoms with van der Waals surface area (Å²) in [6.45, 7) is 7.08. The fourth-order valence-electron chi connectivity index (χ4n) is 2.11. The SMILES string of the molecule is CCCNc1nc(C2(C)CCCO2)nc(C)c1F. The summed E-state index contributed by atoms with van der Waals surface area (Å²) in [5.41, 5.74) is -0.100. The van der Waals surface area contributed by atoms with Crippen LogP contribution in [0.5, 0.6) is 0 Å². The molecule has 1 aliphatic heterocycles. The molecule has 1 aliphatic rings. The van der Waals surface area contributed by atoms with Crippen LogP contribution < -0.4 is 5.32 Å². The number of nitrogens with one attached hydrogen (secondary N) is 1. The average Bonchev–Trinajstić information content (AvgIpc) is 2.79. The summed E-state index contributed by atoms with van der Waals surface area (Å²) in [7, 11) is 0. The monoisotopic (exact) mass is 253 g/mol. The van der Waals surface area contributed by atoms with E-state index in [1.165, 1.54) is 0 Å². The molecule has 18 heavy (non-hydrogen) atoms. The van der Waals surface area contributed by atoms with Gasteiger partial charge in [-0.25, -0.2) is 14.4 Å². The van der Waals surface area contributed by atoms with E-state index in [9.17, 15) is 4.39 Å². The van der Waals surface area contributed by atoms with E-state index in [4.69, 9.17) is 4.74 Å². The Morgan fingerprint density at radius 2 is 2.22 bits per heavy atom. The number of nitrogens with zero attached hydrogens (tertiary/aromatic N) is 2. The van der Waals surface area contributed by atoms with Gasteiger partial charge in [-0.1, -0.05) is 6.92 Å². The maximum absolute atomic E-state index is 13.9. The molecule has 0 spiro atoms. The van der Waals surface area contributed by atoms with Crippen LogP contribution in [0.3, 0.4) is 0 Å². The minimum absolute atomic E-state index is 0.288. The first-order chi connectivity index (χ1) is 8.57. The Balaban J connectivity index is 2.34. The van der Waals surface area contributed by atoms with Gasteiger partial charge in [-0.2, -0.15) is 0 Å². The Kier molecular flexibility index (Phi) is 3.80. The molecular formula is C13H20FN3O. The second-order valence-electron chi connectivity index (χ2n) is 4.90. The van der Waals surface area contributed by atoms with Gasteiger partial charge in [0, 0.05) is 13.2 Å². The largest absolute Gasteiger partial charge is 0.368 e. The van der Waals surface area contributed by atoms with Gasteiger partial charge in [0.15, 0.2) is 17.5 Å². The minimum Gasteiger partial charge on any atom is -0.368 e. The second-order valence-corrected chi connectivity index (χ2v) is 4.90. The van der Waals surface area contributed by atoms with Gasteiger partial charge in [0.2, 0.25) is 0 Å². The van der Waals surface area contributed by atoms with Crippen LogP contribution in [0, 0.1) is 12.7 Å². The van der Waals surface area contributed by atoms with E-state index in [1.807, 2.05) is 13.8 Å². The standard InChI is InChI=1S/C13H20FN3O/c1-4-7-15-11-10(14)9(2)16-12(17-11)13(3)6-5-8-18-13/h4-8H2,1-3H3,(H,15,16,17). The van der Waals surface area contributed by atoms with Gasteiger partial charge in [0.25, 0.3) is 0 Å². The van der Waals surface area contributed by atoms with Crippen molar-refractivity contribution in [1.82, 2.24) is 9.97 Å². The molecule has 0 aromatic carbocycles. The Hall–Kier alpha value is -1.23. The third-order valence-electron chi connectivity index (χ3n) is 3.25. The summed E-state index contributed by atoms with van der Waals surface area (Å²) < 4.78 is 19.6. The Morgan fingerprint density at radius 1 is 1.44 bits per heavy atom. The predicted octanol–water partition coefficient (Wildman–Crippen LogP) is 2.77. The maximum atomic E-state index is 13.9. The number of aryl methyl sites for hydroxylation is 1. The van der Waals surface area contributed by atoms with Crippen molar-refractivity contribution in [3.05, 3.63) is 17.3 Å². The summed E-state index contributed by atoms with van der Waals surface area (Å²) in [4.78, 5) is 8.55. The lowest BCUT2D eigenvalue weighted by atomic mass is 10.0. The van der Waals surface area contributed by atoms with Gasteiger partial charge in [0.1, 0.15) is 5.60 Å². The van der Waals surface area contributed by atoms with Crippen LogP contribution in [-0.2, 0) is 10.3 Å². The lowest BCUT2D eigenvalue weighted by molar-refractivity contribution is 0.00916. The van der Waals surface area contributed by atoms with Crippen LogP contribution in [0.2, 0.25) is 0 Å². The third-order valence-corrected chi connectivity index (χ3v) is 3.25. The van der Waals surface area contributed by atoms with Gasteiger partial charge in [-0.3, -0.25) is 0 Å². The molecule has 0 bridgehead atoms. The number of halogens is 1. The first kappa shape index (κ1) is 13.2. The fraction of sp³-hybridized carbons (Fsp3) is 0.692. The molecule has 1 aromatic heterocycles. The molecule has 0 aliphatic carbocycles. The second kappa shape index (κ2) is 5.18. The predicted molar refractivity (Wildman–Crippen MR) is 68.0 cm³/mol. The molecular weight excluding hydrogens is 233 g/mol. The van der Waals surface area contributed by atoms with Crippen molar-refractivity contribution in [1.29, 1.82) is 0 Å². The Morgan fingerprint density at radius 3 is 2.83 bits per heavy atom. The topological polar surface area (TPSA) is 47.0 Å². The zero-order valence-corrected chi connectivity index (χ0v) is 11.2. The number of hydrogen-bond donors (Lipinski definition) is 1. The molecule has 4 nitrogen and oxygen atoms in total. The fourth-order valence-corrected chi connectivity index (χ4v) is 2.11. The van der Waals surface area contributed by atoms with Gasteiger partial charge in [0.05, 0.1) is 5.69 Å². The van der Waals surface area contributed by atoms with Crippen molar-refractivity contribution in [3.63, 3.8) is 0 Å². The molecule has 1 saturated heterocycles. The van der Waals surface area contributed by atoms with Crippen molar-refractivity contribution in [2.45, 2.75) is 45.6 Å². The number of hydrogen-bond acceptors (Lipinski definition) is 4. The highest BCUT2D eigenvalue weighted by molar-refractivity contribution is 5.38. The van der Waals surface area contributed by atoms with Crippen molar-refractivity contribution in [2.75, 3.05) is 18.5 Å². The van der Waals surface area contributed by atoms with Crippen LogP contribution >= 0.6 is 0 Å². The number of aromatic nitrogens is 2. The van der Waals surface area contributed by atoms with Gasteiger partial charge in [-0.15, -0.1) is 0 Å². The van der Waals surface area contributed by atoms with Crippen molar-refractivity contribution in [2.24, 2.45) is 0 Å². The first-order valence-corrected chi connectivity index (χ1v) is 6.49. The molecule has 1 N–H and O–H groups in total. The van der Waals surface area contributed by atoms with E-state index in [2.05, 4.69) is 15.3 Å². The quantitative estimate of drug-likeness (QED) is 0.896. The number of anilines is 1. The molecule has 1 fully saturated rings. The van der Waals surface area contributed by atoms with Crippen LogP contribution in [0.1, 0.15) is 44.6 Å². The van der Waals surface area contributed by atoms with Gasteiger partial charge < -0.3 is 10.1 Å². The van der Waals surface area contributed by atoms with Crippen LogP contribution in [0.25, 0.3) is 0 Å². The highest BCUT2D eigenvalue weighted by Gasteiger charge is 2.35. The summed E-state index contributed by atoms with van der Waals surface area (Å²) >= 11 is 0. The number of ether oxygens (including phenoxy) is 1. The zero-order chi connectivity index (χ0) is 13.2. The van der Waals surface area contributed by atoms with Gasteiger partial charge >= 0.3 is 0 Å². The molecule has 1 unspecified atom stereocenters.